The first-order valence-electron chi connectivity index (χ1n) is 8.48. The smallest absolute Gasteiger partial charge is 0.315 e. The normalized spacial score (nSPS) is 13.1. The standard InChI is InChI=1S/C17H16N6O5/c1-19-15-14(16(25)20(2)17(19)26)21(9-18-15)8-13(24)22-6-5-10-7-11(23(27)28)3-4-12(10)22/h3-4,7,9H,5-6,8H2,1-2H3. The second-order valence-corrected chi connectivity index (χ2v) is 6.62. The van der Waals surface area contributed by atoms with E-state index in [9.17, 15) is 24.5 Å². The predicted octanol–water partition coefficient (Wildman–Crippen LogP) is -0.0688. The predicted molar refractivity (Wildman–Crippen MR) is 99.4 cm³/mol. The monoisotopic (exact) mass is 384 g/mol. The van der Waals surface area contributed by atoms with Crippen molar-refractivity contribution in [3.05, 3.63) is 61.0 Å². The summed E-state index contributed by atoms with van der Waals surface area (Å²) < 4.78 is 3.64. The Morgan fingerprint density at radius 3 is 2.71 bits per heavy atom. The molecule has 11 heteroatoms. The van der Waals surface area contributed by atoms with E-state index >= 15 is 0 Å². The number of nitro groups is 1. The molecule has 0 unspecified atom stereocenters. The Bertz CT molecular complexity index is 1270. The third kappa shape index (κ3) is 2.51. The summed E-state index contributed by atoms with van der Waals surface area (Å²) >= 11 is 0. The highest BCUT2D eigenvalue weighted by molar-refractivity contribution is 5.96. The first-order chi connectivity index (χ1) is 13.3. The molecule has 0 radical (unpaired) electrons. The van der Waals surface area contributed by atoms with Crippen molar-refractivity contribution in [1.29, 1.82) is 0 Å². The minimum Gasteiger partial charge on any atom is -0.315 e. The Morgan fingerprint density at radius 1 is 1.25 bits per heavy atom. The second kappa shape index (κ2) is 6.15. The first kappa shape index (κ1) is 17.6. The van der Waals surface area contributed by atoms with Gasteiger partial charge in [-0.1, -0.05) is 0 Å². The summed E-state index contributed by atoms with van der Waals surface area (Å²) in [6, 6.07) is 4.40. The van der Waals surface area contributed by atoms with Gasteiger partial charge < -0.3 is 9.47 Å². The molecule has 0 spiro atoms. The van der Waals surface area contributed by atoms with Gasteiger partial charge in [0.05, 0.1) is 11.3 Å². The van der Waals surface area contributed by atoms with E-state index < -0.39 is 16.2 Å². The van der Waals surface area contributed by atoms with E-state index in [1.54, 1.807) is 6.07 Å². The molecule has 0 saturated carbocycles. The van der Waals surface area contributed by atoms with Crippen LogP contribution in [0.2, 0.25) is 0 Å². The third-order valence-electron chi connectivity index (χ3n) is 4.99. The Hall–Kier alpha value is -3.76. The van der Waals surface area contributed by atoms with Crippen molar-refractivity contribution in [3.63, 3.8) is 0 Å². The van der Waals surface area contributed by atoms with E-state index in [4.69, 9.17) is 0 Å². The lowest BCUT2D eigenvalue weighted by atomic mass is 10.1. The van der Waals surface area contributed by atoms with Crippen molar-refractivity contribution in [2.24, 2.45) is 14.1 Å². The van der Waals surface area contributed by atoms with E-state index in [-0.39, 0.29) is 29.3 Å². The number of aromatic nitrogens is 4. The van der Waals surface area contributed by atoms with Gasteiger partial charge in [-0.3, -0.25) is 28.8 Å². The fourth-order valence-corrected chi connectivity index (χ4v) is 3.51. The number of benzene rings is 1. The van der Waals surface area contributed by atoms with Crippen molar-refractivity contribution >= 4 is 28.4 Å². The fourth-order valence-electron chi connectivity index (χ4n) is 3.51. The largest absolute Gasteiger partial charge is 0.332 e. The summed E-state index contributed by atoms with van der Waals surface area (Å²) in [5, 5.41) is 10.9. The van der Waals surface area contributed by atoms with Crippen LogP contribution in [0.15, 0.2) is 34.1 Å². The summed E-state index contributed by atoms with van der Waals surface area (Å²) in [5.41, 5.74) is 0.694. The molecule has 0 fully saturated rings. The van der Waals surface area contributed by atoms with Gasteiger partial charge in [-0.05, 0) is 18.1 Å². The minimum atomic E-state index is -0.527. The number of amides is 1. The molecule has 28 heavy (non-hydrogen) atoms. The zero-order chi connectivity index (χ0) is 20.2. The van der Waals surface area contributed by atoms with E-state index in [1.165, 1.54) is 46.6 Å². The van der Waals surface area contributed by atoms with Gasteiger partial charge in [0.15, 0.2) is 11.2 Å². The lowest BCUT2D eigenvalue weighted by Gasteiger charge is -2.17. The highest BCUT2D eigenvalue weighted by atomic mass is 16.6. The van der Waals surface area contributed by atoms with Gasteiger partial charge in [-0.15, -0.1) is 0 Å². The Morgan fingerprint density at radius 2 is 2.00 bits per heavy atom. The Labute approximate surface area is 157 Å². The molecule has 2 aromatic heterocycles. The number of aryl methyl sites for hydroxylation is 1. The van der Waals surface area contributed by atoms with Crippen molar-refractivity contribution < 1.29 is 9.72 Å². The van der Waals surface area contributed by atoms with Gasteiger partial charge in [0.1, 0.15) is 6.54 Å². The number of nitro benzene ring substituents is 1. The molecule has 0 saturated heterocycles. The molecule has 3 aromatic rings. The maximum absolute atomic E-state index is 12.9. The van der Waals surface area contributed by atoms with Crippen molar-refractivity contribution in [2.45, 2.75) is 13.0 Å². The molecule has 11 nitrogen and oxygen atoms in total. The van der Waals surface area contributed by atoms with Crippen molar-refractivity contribution in [2.75, 3.05) is 11.4 Å². The number of fused-ring (bicyclic) bond motifs is 2. The SMILES string of the molecule is Cn1c(=O)c2c(ncn2CC(=O)N2CCc3cc([N+](=O)[O-])ccc32)n(C)c1=O. The Kier molecular flexibility index (Phi) is 3.87. The van der Waals surface area contributed by atoms with Crippen LogP contribution in [-0.4, -0.2) is 36.1 Å². The van der Waals surface area contributed by atoms with Gasteiger partial charge in [0.2, 0.25) is 5.91 Å². The number of anilines is 1. The molecular formula is C17H16N6O5. The van der Waals surface area contributed by atoms with Crippen molar-refractivity contribution in [3.8, 4) is 0 Å². The number of imidazole rings is 1. The van der Waals surface area contributed by atoms with Crippen LogP contribution >= 0.6 is 0 Å². The quantitative estimate of drug-likeness (QED) is 0.460. The topological polar surface area (TPSA) is 125 Å². The molecule has 1 aromatic carbocycles. The maximum Gasteiger partial charge on any atom is 0.332 e. The fraction of sp³-hybridized carbons (Fsp3) is 0.294. The van der Waals surface area contributed by atoms with E-state index in [0.29, 0.717) is 18.7 Å². The van der Waals surface area contributed by atoms with Crippen LogP contribution in [0.25, 0.3) is 11.2 Å². The minimum absolute atomic E-state index is 0.0157. The summed E-state index contributed by atoms with van der Waals surface area (Å²) in [6.45, 7) is 0.263. The average molecular weight is 384 g/mol. The van der Waals surface area contributed by atoms with Crippen LogP contribution in [0.5, 0.6) is 0 Å². The van der Waals surface area contributed by atoms with Crippen LogP contribution in [-0.2, 0) is 31.9 Å². The molecule has 3 heterocycles. The summed E-state index contributed by atoms with van der Waals surface area (Å²) in [6.07, 6.45) is 1.87. The van der Waals surface area contributed by atoms with Crippen LogP contribution in [0.4, 0.5) is 11.4 Å². The molecule has 144 valence electrons. The summed E-state index contributed by atoms with van der Waals surface area (Å²) in [4.78, 5) is 53.4. The molecular weight excluding hydrogens is 368 g/mol. The van der Waals surface area contributed by atoms with Gasteiger partial charge in [-0.25, -0.2) is 9.78 Å². The van der Waals surface area contributed by atoms with E-state index in [0.717, 1.165) is 10.1 Å². The Balaban J connectivity index is 1.69. The summed E-state index contributed by atoms with van der Waals surface area (Å²) in [7, 11) is 2.87. The van der Waals surface area contributed by atoms with Crippen LogP contribution in [0.1, 0.15) is 5.56 Å². The number of hydrogen-bond donors (Lipinski definition) is 0. The molecule has 1 amide bonds. The van der Waals surface area contributed by atoms with Gasteiger partial charge in [0, 0.05) is 38.5 Å². The molecule has 0 bridgehead atoms. The maximum atomic E-state index is 12.9. The molecule has 0 atom stereocenters. The van der Waals surface area contributed by atoms with E-state index in [2.05, 4.69) is 4.98 Å². The molecule has 4 rings (SSSR count). The lowest BCUT2D eigenvalue weighted by molar-refractivity contribution is -0.384. The van der Waals surface area contributed by atoms with Gasteiger partial charge in [-0.2, -0.15) is 0 Å². The number of rotatable bonds is 3. The lowest BCUT2D eigenvalue weighted by Crippen LogP contribution is -2.38. The number of carbonyl (C=O) groups is 1. The van der Waals surface area contributed by atoms with Crippen LogP contribution in [0, 0.1) is 10.1 Å². The summed E-state index contributed by atoms with van der Waals surface area (Å²) in [5.74, 6) is -0.275. The number of nitrogens with zero attached hydrogens (tertiary/aromatic N) is 6. The zero-order valence-corrected chi connectivity index (χ0v) is 15.2. The highest BCUT2D eigenvalue weighted by Crippen LogP contribution is 2.31. The number of carbonyl (C=O) groups excluding carboxylic acids is 1. The zero-order valence-electron chi connectivity index (χ0n) is 15.2. The third-order valence-corrected chi connectivity index (χ3v) is 4.99. The molecule has 0 N–H and O–H groups in total. The van der Waals surface area contributed by atoms with Crippen molar-refractivity contribution in [1.82, 2.24) is 18.7 Å². The number of non-ortho nitro benzene ring substituents is 1. The number of hydrogen-bond acceptors (Lipinski definition) is 6. The molecule has 0 aliphatic carbocycles. The first-order valence-corrected chi connectivity index (χ1v) is 8.48. The van der Waals surface area contributed by atoms with Gasteiger partial charge >= 0.3 is 5.69 Å². The van der Waals surface area contributed by atoms with Crippen LogP contribution in [0.3, 0.4) is 0 Å². The van der Waals surface area contributed by atoms with Gasteiger partial charge in [0.25, 0.3) is 11.2 Å². The second-order valence-electron chi connectivity index (χ2n) is 6.62. The average Bonchev–Trinajstić information content (AvgIpc) is 3.28. The van der Waals surface area contributed by atoms with E-state index in [1.807, 2.05) is 0 Å². The van der Waals surface area contributed by atoms with Crippen LogP contribution < -0.4 is 16.1 Å². The molecule has 1 aliphatic rings. The molecule has 1 aliphatic heterocycles. The highest BCUT2D eigenvalue weighted by Gasteiger charge is 2.27.